The fourth-order valence-corrected chi connectivity index (χ4v) is 1.85. The van der Waals surface area contributed by atoms with Crippen LogP contribution in [0.25, 0.3) is 0 Å². The Morgan fingerprint density at radius 1 is 1.45 bits per heavy atom. The minimum atomic E-state index is 0.316. The van der Waals surface area contributed by atoms with Crippen LogP contribution in [-0.2, 0) is 0 Å². The first-order valence-electron chi connectivity index (χ1n) is 4.04. The largest absolute Gasteiger partial charge is 0.396 e. The van der Waals surface area contributed by atoms with Crippen LogP contribution in [0.3, 0.4) is 0 Å². The van der Waals surface area contributed by atoms with Crippen LogP contribution in [0.2, 0.25) is 0 Å². The quantitative estimate of drug-likeness (QED) is 0.656. The molecule has 0 aliphatic heterocycles. The Kier molecular flexibility index (Phi) is 7.12. The molecule has 68 valence electrons. The third-order valence-corrected chi connectivity index (χ3v) is 2.70. The number of rotatable bonds is 6. The first-order valence-corrected chi connectivity index (χ1v) is 5.09. The molecule has 0 bridgehead atoms. The molecule has 0 heterocycles. The lowest BCUT2D eigenvalue weighted by atomic mass is 10.3. The lowest BCUT2D eigenvalue weighted by Gasteiger charge is -2.12. The summed E-state index contributed by atoms with van der Waals surface area (Å²) in [6.07, 6.45) is 0.915. The van der Waals surface area contributed by atoms with Gasteiger partial charge in [0.25, 0.3) is 0 Å². The van der Waals surface area contributed by atoms with Gasteiger partial charge in [0.15, 0.2) is 0 Å². The highest BCUT2D eigenvalue weighted by Gasteiger charge is 2.00. The number of aliphatic hydroxyl groups excluding tert-OH is 1. The molecule has 0 rings (SSSR count). The number of hydrogen-bond acceptors (Lipinski definition) is 3. The monoisotopic (exact) mass is 177 g/mol. The summed E-state index contributed by atoms with van der Waals surface area (Å²) < 4.78 is 0. The van der Waals surface area contributed by atoms with Crippen molar-refractivity contribution in [2.24, 2.45) is 0 Å². The molecule has 0 aliphatic carbocycles. The van der Waals surface area contributed by atoms with Crippen LogP contribution in [0, 0.1) is 0 Å². The average Bonchev–Trinajstić information content (AvgIpc) is 1.87. The normalized spacial score (nSPS) is 13.9. The zero-order chi connectivity index (χ0) is 8.69. The van der Waals surface area contributed by atoms with Crippen molar-refractivity contribution in [3.8, 4) is 0 Å². The van der Waals surface area contributed by atoms with Crippen molar-refractivity contribution in [3.63, 3.8) is 0 Å². The Balaban J connectivity index is 3.10. The van der Waals surface area contributed by atoms with Gasteiger partial charge in [-0.2, -0.15) is 11.8 Å². The van der Waals surface area contributed by atoms with Gasteiger partial charge in [-0.3, -0.25) is 0 Å². The average molecular weight is 177 g/mol. The summed E-state index contributed by atoms with van der Waals surface area (Å²) in [4.78, 5) is 2.18. The van der Waals surface area contributed by atoms with Crippen molar-refractivity contribution in [3.05, 3.63) is 0 Å². The highest BCUT2D eigenvalue weighted by molar-refractivity contribution is 7.99. The van der Waals surface area contributed by atoms with Crippen molar-refractivity contribution in [2.45, 2.75) is 18.6 Å². The van der Waals surface area contributed by atoms with Crippen molar-refractivity contribution >= 4 is 11.8 Å². The molecule has 0 saturated heterocycles. The molecule has 2 nitrogen and oxygen atoms in total. The number of hydrogen-bond donors (Lipinski definition) is 1. The van der Waals surface area contributed by atoms with E-state index in [0.717, 1.165) is 18.7 Å². The third-order valence-electron chi connectivity index (χ3n) is 1.48. The Hall–Kier alpha value is 0.270. The minimum Gasteiger partial charge on any atom is -0.396 e. The molecule has 0 saturated carbocycles. The predicted molar refractivity (Wildman–Crippen MR) is 52.2 cm³/mol. The Bertz CT molecular complexity index is 88.2. The van der Waals surface area contributed by atoms with Gasteiger partial charge >= 0.3 is 0 Å². The SMILES string of the molecule is CC(CCO)SCCN(C)C. The maximum absolute atomic E-state index is 8.62. The third kappa shape index (κ3) is 8.17. The molecule has 0 amide bonds. The lowest BCUT2D eigenvalue weighted by molar-refractivity contribution is 0.289. The summed E-state index contributed by atoms with van der Waals surface area (Å²) in [6.45, 7) is 3.60. The summed E-state index contributed by atoms with van der Waals surface area (Å²) >= 11 is 1.93. The van der Waals surface area contributed by atoms with Gasteiger partial charge in [0.05, 0.1) is 0 Å². The van der Waals surface area contributed by atoms with Crippen LogP contribution in [0.15, 0.2) is 0 Å². The van der Waals surface area contributed by atoms with E-state index in [4.69, 9.17) is 5.11 Å². The molecular formula is C8H19NOS. The molecular weight excluding hydrogens is 158 g/mol. The molecule has 0 aromatic heterocycles. The summed E-state index contributed by atoms with van der Waals surface area (Å²) in [5.41, 5.74) is 0. The fourth-order valence-electron chi connectivity index (χ4n) is 0.702. The van der Waals surface area contributed by atoms with Crippen LogP contribution >= 0.6 is 11.8 Å². The standard InChI is InChI=1S/C8H19NOS/c1-8(4-6-10)11-7-5-9(2)3/h8,10H,4-7H2,1-3H3. The first-order chi connectivity index (χ1) is 5.16. The van der Waals surface area contributed by atoms with Crippen LogP contribution in [-0.4, -0.2) is 48.3 Å². The molecule has 0 fully saturated rings. The van der Waals surface area contributed by atoms with Gasteiger partial charge in [0, 0.05) is 24.2 Å². The highest BCUT2D eigenvalue weighted by Crippen LogP contribution is 2.12. The zero-order valence-electron chi connectivity index (χ0n) is 7.71. The Labute approximate surface area is 74.0 Å². The molecule has 1 unspecified atom stereocenters. The van der Waals surface area contributed by atoms with E-state index in [2.05, 4.69) is 25.9 Å². The number of thioether (sulfide) groups is 1. The van der Waals surface area contributed by atoms with Crippen LogP contribution in [0.1, 0.15) is 13.3 Å². The maximum Gasteiger partial charge on any atom is 0.0441 e. The number of nitrogens with zero attached hydrogens (tertiary/aromatic N) is 1. The van der Waals surface area contributed by atoms with E-state index in [9.17, 15) is 0 Å². The molecule has 0 radical (unpaired) electrons. The zero-order valence-corrected chi connectivity index (χ0v) is 8.52. The smallest absolute Gasteiger partial charge is 0.0441 e. The molecule has 0 spiro atoms. The van der Waals surface area contributed by atoms with E-state index in [1.807, 2.05) is 11.8 Å². The second-order valence-corrected chi connectivity index (χ2v) is 4.54. The van der Waals surface area contributed by atoms with Gasteiger partial charge in [0.1, 0.15) is 0 Å². The molecule has 0 aromatic rings. The fraction of sp³-hybridized carbons (Fsp3) is 1.00. The van der Waals surface area contributed by atoms with Gasteiger partial charge in [-0.1, -0.05) is 6.92 Å². The van der Waals surface area contributed by atoms with Crippen molar-refractivity contribution in [2.75, 3.05) is 33.0 Å². The van der Waals surface area contributed by atoms with Crippen molar-refractivity contribution in [1.29, 1.82) is 0 Å². The summed E-state index contributed by atoms with van der Waals surface area (Å²) in [6, 6.07) is 0. The molecule has 0 aromatic carbocycles. The van der Waals surface area contributed by atoms with Gasteiger partial charge in [-0.05, 0) is 20.5 Å². The van der Waals surface area contributed by atoms with E-state index in [0.29, 0.717) is 11.9 Å². The van der Waals surface area contributed by atoms with Crippen LogP contribution in [0.4, 0.5) is 0 Å². The second-order valence-electron chi connectivity index (χ2n) is 3.00. The van der Waals surface area contributed by atoms with Crippen molar-refractivity contribution < 1.29 is 5.11 Å². The highest BCUT2D eigenvalue weighted by atomic mass is 32.2. The van der Waals surface area contributed by atoms with E-state index in [1.165, 1.54) is 0 Å². The Morgan fingerprint density at radius 2 is 2.09 bits per heavy atom. The van der Waals surface area contributed by atoms with Gasteiger partial charge < -0.3 is 10.0 Å². The molecule has 0 aliphatic rings. The molecule has 11 heavy (non-hydrogen) atoms. The van der Waals surface area contributed by atoms with Gasteiger partial charge in [-0.25, -0.2) is 0 Å². The van der Waals surface area contributed by atoms with E-state index >= 15 is 0 Å². The number of aliphatic hydroxyl groups is 1. The van der Waals surface area contributed by atoms with Gasteiger partial charge in [-0.15, -0.1) is 0 Å². The lowest BCUT2D eigenvalue weighted by Crippen LogP contribution is -2.16. The minimum absolute atomic E-state index is 0.316. The predicted octanol–water partition coefficient (Wildman–Crippen LogP) is 1.05. The second kappa shape index (κ2) is 6.95. The molecule has 1 atom stereocenters. The Morgan fingerprint density at radius 3 is 2.55 bits per heavy atom. The van der Waals surface area contributed by atoms with Crippen molar-refractivity contribution in [1.82, 2.24) is 4.90 Å². The van der Waals surface area contributed by atoms with Gasteiger partial charge in [0.2, 0.25) is 0 Å². The molecule has 1 N–H and O–H groups in total. The summed E-state index contributed by atoms with van der Waals surface area (Å²) in [7, 11) is 4.16. The van der Waals surface area contributed by atoms with Crippen LogP contribution < -0.4 is 0 Å². The van der Waals surface area contributed by atoms with Crippen LogP contribution in [0.5, 0.6) is 0 Å². The molecule has 3 heteroatoms. The first kappa shape index (κ1) is 11.3. The summed E-state index contributed by atoms with van der Waals surface area (Å²) in [5, 5.41) is 9.22. The van der Waals surface area contributed by atoms with E-state index < -0.39 is 0 Å². The summed E-state index contributed by atoms with van der Waals surface area (Å²) in [5.74, 6) is 1.16. The topological polar surface area (TPSA) is 23.5 Å². The van der Waals surface area contributed by atoms with E-state index in [1.54, 1.807) is 0 Å². The van der Waals surface area contributed by atoms with E-state index in [-0.39, 0.29) is 0 Å². The maximum atomic E-state index is 8.62.